The lowest BCUT2D eigenvalue weighted by molar-refractivity contribution is 0.0993. The molecule has 0 aliphatic carbocycles. The summed E-state index contributed by atoms with van der Waals surface area (Å²) >= 11 is 21.3. The number of hydrogen-bond donors (Lipinski definition) is 0. The molecule has 0 aliphatic heterocycles. The Labute approximate surface area is 134 Å². The van der Waals surface area contributed by atoms with Crippen molar-refractivity contribution in [3.63, 3.8) is 0 Å². The minimum absolute atomic E-state index is 0.0957. The number of ketones is 1. The lowest BCUT2D eigenvalue weighted by atomic mass is 10.0. The van der Waals surface area contributed by atoms with Crippen LogP contribution in [0.3, 0.4) is 0 Å². The molecule has 0 fully saturated rings. The quantitative estimate of drug-likeness (QED) is 0.614. The first kappa shape index (κ1) is 14.9. The normalized spacial score (nSPS) is 10.5. The molecule has 0 aromatic heterocycles. The number of carbonyl (C=O) groups excluding carboxylic acids is 1. The van der Waals surface area contributed by atoms with Gasteiger partial charge in [-0.05, 0) is 29.8 Å². The molecule has 0 N–H and O–H groups in total. The Kier molecular flexibility index (Phi) is 4.91. The lowest BCUT2D eigenvalue weighted by Gasteiger charge is -2.07. The van der Waals surface area contributed by atoms with Crippen LogP contribution in [0.5, 0.6) is 0 Å². The fourth-order valence-corrected chi connectivity index (χ4v) is 2.83. The molecule has 2 aromatic carbocycles. The van der Waals surface area contributed by atoms with Crippen molar-refractivity contribution in [2.24, 2.45) is 0 Å². The van der Waals surface area contributed by atoms with Gasteiger partial charge < -0.3 is 0 Å². The maximum atomic E-state index is 12.2. The number of rotatable bonds is 3. The molecule has 0 spiro atoms. The number of carbonyl (C=O) groups is 1. The van der Waals surface area contributed by atoms with Crippen molar-refractivity contribution in [3.05, 3.63) is 67.1 Å². The van der Waals surface area contributed by atoms with E-state index in [-0.39, 0.29) is 12.2 Å². The van der Waals surface area contributed by atoms with Crippen LogP contribution in [-0.4, -0.2) is 5.78 Å². The zero-order valence-electron chi connectivity index (χ0n) is 9.59. The van der Waals surface area contributed by atoms with Crippen molar-refractivity contribution >= 4 is 56.5 Å². The van der Waals surface area contributed by atoms with Gasteiger partial charge in [-0.15, -0.1) is 0 Å². The van der Waals surface area contributed by atoms with Gasteiger partial charge in [0.1, 0.15) is 0 Å². The molecule has 5 heteroatoms. The molecule has 0 aliphatic rings. The molecule has 0 heterocycles. The molecule has 0 saturated carbocycles. The Hall–Kier alpha value is -0.540. The van der Waals surface area contributed by atoms with Crippen molar-refractivity contribution in [1.29, 1.82) is 0 Å². The molecular weight excluding hydrogens is 370 g/mol. The second kappa shape index (κ2) is 6.27. The SMILES string of the molecule is O=C(Cc1cccc(Cl)c1Cl)c1ccc(Br)cc1Cl. The van der Waals surface area contributed by atoms with Crippen molar-refractivity contribution in [1.82, 2.24) is 0 Å². The van der Waals surface area contributed by atoms with Gasteiger partial charge in [0.25, 0.3) is 0 Å². The summed E-state index contributed by atoms with van der Waals surface area (Å²) in [4.78, 5) is 12.2. The van der Waals surface area contributed by atoms with E-state index in [0.29, 0.717) is 26.2 Å². The zero-order chi connectivity index (χ0) is 14.0. The Morgan fingerprint density at radius 2 is 1.79 bits per heavy atom. The van der Waals surface area contributed by atoms with E-state index < -0.39 is 0 Å². The van der Waals surface area contributed by atoms with Crippen LogP contribution in [0, 0.1) is 0 Å². The van der Waals surface area contributed by atoms with E-state index >= 15 is 0 Å². The first-order valence-corrected chi connectivity index (χ1v) is 7.33. The highest BCUT2D eigenvalue weighted by molar-refractivity contribution is 9.10. The lowest BCUT2D eigenvalue weighted by Crippen LogP contribution is -2.05. The van der Waals surface area contributed by atoms with E-state index in [0.717, 1.165) is 4.47 Å². The molecule has 0 saturated heterocycles. The van der Waals surface area contributed by atoms with Gasteiger partial charge in [-0.2, -0.15) is 0 Å². The predicted octanol–water partition coefficient (Wildman–Crippen LogP) is 5.83. The third-order valence-corrected chi connectivity index (χ3v) is 4.28. The van der Waals surface area contributed by atoms with Crippen LogP contribution in [-0.2, 0) is 6.42 Å². The van der Waals surface area contributed by atoms with Gasteiger partial charge in [0.15, 0.2) is 5.78 Å². The van der Waals surface area contributed by atoms with E-state index in [1.807, 2.05) is 0 Å². The van der Waals surface area contributed by atoms with Crippen LogP contribution in [0.4, 0.5) is 0 Å². The number of benzene rings is 2. The van der Waals surface area contributed by atoms with Crippen LogP contribution < -0.4 is 0 Å². The molecule has 1 nitrogen and oxygen atoms in total. The maximum absolute atomic E-state index is 12.2. The summed E-state index contributed by atoms with van der Waals surface area (Å²) in [5.41, 5.74) is 1.17. The third kappa shape index (κ3) is 3.51. The zero-order valence-corrected chi connectivity index (χ0v) is 13.4. The highest BCUT2D eigenvalue weighted by atomic mass is 79.9. The van der Waals surface area contributed by atoms with E-state index in [1.165, 1.54) is 0 Å². The highest BCUT2D eigenvalue weighted by Gasteiger charge is 2.14. The van der Waals surface area contributed by atoms with E-state index in [1.54, 1.807) is 36.4 Å². The predicted molar refractivity (Wildman–Crippen MR) is 83.6 cm³/mol. The van der Waals surface area contributed by atoms with Crippen molar-refractivity contribution < 1.29 is 4.79 Å². The van der Waals surface area contributed by atoms with Crippen LogP contribution in [0.25, 0.3) is 0 Å². The van der Waals surface area contributed by atoms with Gasteiger partial charge in [0.05, 0.1) is 15.1 Å². The molecular formula is C14H8BrCl3O. The summed E-state index contributed by atoms with van der Waals surface area (Å²) in [7, 11) is 0. The fourth-order valence-electron chi connectivity index (χ4n) is 1.67. The van der Waals surface area contributed by atoms with E-state index in [9.17, 15) is 4.79 Å². The van der Waals surface area contributed by atoms with Crippen molar-refractivity contribution in [3.8, 4) is 0 Å². The molecule has 2 aromatic rings. The van der Waals surface area contributed by atoms with Gasteiger partial charge in [-0.1, -0.05) is 62.9 Å². The second-order valence-corrected chi connectivity index (χ2v) is 6.05. The molecule has 19 heavy (non-hydrogen) atoms. The maximum Gasteiger partial charge on any atom is 0.168 e. The Morgan fingerprint density at radius 1 is 1.05 bits per heavy atom. The monoisotopic (exact) mass is 376 g/mol. The summed E-state index contributed by atoms with van der Waals surface area (Å²) in [5.74, 6) is -0.0957. The largest absolute Gasteiger partial charge is 0.294 e. The smallest absolute Gasteiger partial charge is 0.168 e. The van der Waals surface area contributed by atoms with Crippen molar-refractivity contribution in [2.75, 3.05) is 0 Å². The molecule has 0 bridgehead atoms. The highest BCUT2D eigenvalue weighted by Crippen LogP contribution is 2.28. The summed E-state index contributed by atoms with van der Waals surface area (Å²) in [6.45, 7) is 0. The second-order valence-electron chi connectivity index (χ2n) is 3.94. The van der Waals surface area contributed by atoms with Crippen LogP contribution in [0.1, 0.15) is 15.9 Å². The third-order valence-electron chi connectivity index (χ3n) is 2.61. The average molecular weight is 378 g/mol. The molecule has 98 valence electrons. The minimum atomic E-state index is -0.0957. The van der Waals surface area contributed by atoms with E-state index in [4.69, 9.17) is 34.8 Å². The first-order chi connectivity index (χ1) is 8.99. The summed E-state index contributed by atoms with van der Waals surface area (Å²) < 4.78 is 0.829. The van der Waals surface area contributed by atoms with Gasteiger partial charge in [0, 0.05) is 16.5 Å². The van der Waals surface area contributed by atoms with Crippen LogP contribution in [0.15, 0.2) is 40.9 Å². The van der Waals surface area contributed by atoms with Crippen LogP contribution in [0.2, 0.25) is 15.1 Å². The average Bonchev–Trinajstić information content (AvgIpc) is 2.34. The van der Waals surface area contributed by atoms with Crippen LogP contribution >= 0.6 is 50.7 Å². The molecule has 0 atom stereocenters. The topological polar surface area (TPSA) is 17.1 Å². The Bertz CT molecular complexity index is 641. The molecule has 0 radical (unpaired) electrons. The number of Topliss-reactive ketones (excluding diaryl/α,β-unsaturated/α-hetero) is 1. The van der Waals surface area contributed by atoms with Gasteiger partial charge in [-0.25, -0.2) is 0 Å². The molecule has 0 unspecified atom stereocenters. The van der Waals surface area contributed by atoms with E-state index in [2.05, 4.69) is 15.9 Å². The fraction of sp³-hybridized carbons (Fsp3) is 0.0714. The van der Waals surface area contributed by atoms with Gasteiger partial charge in [-0.3, -0.25) is 4.79 Å². The van der Waals surface area contributed by atoms with Gasteiger partial charge >= 0.3 is 0 Å². The van der Waals surface area contributed by atoms with Crippen molar-refractivity contribution in [2.45, 2.75) is 6.42 Å². The summed E-state index contributed by atoms with van der Waals surface area (Å²) in [6.07, 6.45) is 0.167. The number of halogens is 4. The van der Waals surface area contributed by atoms with Gasteiger partial charge in [0.2, 0.25) is 0 Å². The Morgan fingerprint density at radius 3 is 2.47 bits per heavy atom. The molecule has 0 amide bonds. The Balaban J connectivity index is 2.28. The summed E-state index contributed by atoms with van der Waals surface area (Å²) in [5, 5.41) is 1.26. The molecule has 2 rings (SSSR count). The number of hydrogen-bond acceptors (Lipinski definition) is 1. The standard InChI is InChI=1S/C14H8BrCl3O/c15-9-4-5-10(12(17)7-9)13(19)6-8-2-1-3-11(16)14(8)18/h1-5,7H,6H2. The summed E-state index contributed by atoms with van der Waals surface area (Å²) in [6, 6.07) is 10.4. The first-order valence-electron chi connectivity index (χ1n) is 5.40. The minimum Gasteiger partial charge on any atom is -0.294 e.